The zero-order valence-electron chi connectivity index (χ0n) is 18.8. The molecule has 0 spiro atoms. The number of rotatable bonds is 5. The van der Waals surface area contributed by atoms with Crippen LogP contribution in [0.4, 0.5) is 23.0 Å². The summed E-state index contributed by atoms with van der Waals surface area (Å²) in [5, 5.41) is 11.7. The monoisotopic (exact) mass is 479 g/mol. The van der Waals surface area contributed by atoms with E-state index in [2.05, 4.69) is 20.5 Å². The van der Waals surface area contributed by atoms with Crippen molar-refractivity contribution in [1.29, 1.82) is 0 Å². The van der Waals surface area contributed by atoms with Crippen LogP contribution < -0.4 is 15.1 Å². The van der Waals surface area contributed by atoms with Gasteiger partial charge in [-0.15, -0.1) is 10.2 Å². The molecule has 0 bridgehead atoms. The van der Waals surface area contributed by atoms with E-state index >= 15 is 0 Å². The first-order chi connectivity index (χ1) is 16.4. The van der Waals surface area contributed by atoms with Gasteiger partial charge in [0.1, 0.15) is 0 Å². The van der Waals surface area contributed by atoms with E-state index in [0.29, 0.717) is 50.8 Å². The Morgan fingerprint density at radius 2 is 1.82 bits per heavy atom. The van der Waals surface area contributed by atoms with Crippen LogP contribution in [0.1, 0.15) is 12.5 Å². The molecule has 4 heterocycles. The van der Waals surface area contributed by atoms with Crippen LogP contribution in [-0.4, -0.2) is 66.5 Å². The summed E-state index contributed by atoms with van der Waals surface area (Å²) in [6.07, 6.45) is 4.07. The third kappa shape index (κ3) is 4.31. The Kier molecular flexibility index (Phi) is 5.88. The number of pyridine rings is 1. The lowest BCUT2D eigenvalue weighted by atomic mass is 10.2. The predicted octanol–water partition coefficient (Wildman–Crippen LogP) is 2.04. The van der Waals surface area contributed by atoms with Crippen molar-refractivity contribution in [3.05, 3.63) is 60.4 Å². The van der Waals surface area contributed by atoms with Gasteiger partial charge in [-0.05, 0) is 54.4 Å². The number of anilines is 4. The number of aromatic nitrogens is 3. The lowest BCUT2D eigenvalue weighted by Gasteiger charge is -2.34. The van der Waals surface area contributed by atoms with Gasteiger partial charge in [-0.2, -0.15) is 4.31 Å². The Labute approximate surface area is 198 Å². The molecule has 1 saturated heterocycles. The first kappa shape index (κ1) is 22.2. The summed E-state index contributed by atoms with van der Waals surface area (Å²) < 4.78 is 28.0. The zero-order valence-corrected chi connectivity index (χ0v) is 19.6. The Morgan fingerprint density at radius 1 is 1.00 bits per heavy atom. The molecule has 1 amide bonds. The van der Waals surface area contributed by atoms with Crippen LogP contribution in [0.15, 0.2) is 59.8 Å². The Bertz CT molecular complexity index is 1290. The number of piperazine rings is 1. The molecule has 2 aromatic heterocycles. The normalized spacial score (nSPS) is 16.4. The summed E-state index contributed by atoms with van der Waals surface area (Å²) >= 11 is 0. The number of hydrogen-bond acceptors (Lipinski definition) is 8. The van der Waals surface area contributed by atoms with Crippen LogP contribution in [0.3, 0.4) is 0 Å². The average molecular weight is 480 g/mol. The molecule has 34 heavy (non-hydrogen) atoms. The predicted molar refractivity (Wildman–Crippen MR) is 129 cm³/mol. The zero-order chi connectivity index (χ0) is 23.7. The number of carbonyl (C=O) groups excluding carboxylic acids is 1. The standard InChI is InChI=1S/C23H25N7O3S/c1-17(31)30-10-8-18-15-20(4-5-21(18)30)34(32,33)29-13-11-28(12-14-29)23-7-6-22(26-27-23)25-19-3-2-9-24-16-19/h2-7,9,15-16H,8,10-14H2,1H3,(H,25,26). The summed E-state index contributed by atoms with van der Waals surface area (Å²) in [4.78, 5) is 19.8. The maximum Gasteiger partial charge on any atom is 0.243 e. The number of amides is 1. The number of sulfonamides is 1. The summed E-state index contributed by atoms with van der Waals surface area (Å²) in [7, 11) is -3.62. The van der Waals surface area contributed by atoms with Crippen molar-refractivity contribution in [2.45, 2.75) is 18.2 Å². The lowest BCUT2D eigenvalue weighted by molar-refractivity contribution is -0.116. The highest BCUT2D eigenvalue weighted by molar-refractivity contribution is 7.89. The Balaban J connectivity index is 1.23. The second kappa shape index (κ2) is 8.99. The molecule has 10 nitrogen and oxygen atoms in total. The number of fused-ring (bicyclic) bond motifs is 1. The Hall–Kier alpha value is -3.57. The van der Waals surface area contributed by atoms with Crippen molar-refractivity contribution in [2.24, 2.45) is 0 Å². The molecule has 0 radical (unpaired) electrons. The van der Waals surface area contributed by atoms with Crippen LogP contribution in [0.25, 0.3) is 0 Å². The van der Waals surface area contributed by atoms with E-state index < -0.39 is 10.0 Å². The molecule has 0 aliphatic carbocycles. The van der Waals surface area contributed by atoms with Gasteiger partial charge < -0.3 is 15.1 Å². The maximum absolute atomic E-state index is 13.2. The van der Waals surface area contributed by atoms with E-state index in [9.17, 15) is 13.2 Å². The van der Waals surface area contributed by atoms with Crippen LogP contribution in [0.5, 0.6) is 0 Å². The summed E-state index contributed by atoms with van der Waals surface area (Å²) in [6, 6.07) is 12.5. The van der Waals surface area contributed by atoms with E-state index in [1.165, 1.54) is 11.2 Å². The molecule has 3 aromatic rings. The van der Waals surface area contributed by atoms with Crippen LogP contribution in [0, 0.1) is 0 Å². The number of benzene rings is 1. The van der Waals surface area contributed by atoms with E-state index in [0.717, 1.165) is 16.9 Å². The topological polar surface area (TPSA) is 112 Å². The van der Waals surface area contributed by atoms with E-state index in [4.69, 9.17) is 0 Å². The molecule has 5 rings (SSSR count). The van der Waals surface area contributed by atoms with Gasteiger partial charge in [-0.3, -0.25) is 9.78 Å². The summed E-state index contributed by atoms with van der Waals surface area (Å²) in [5.74, 6) is 1.28. The number of carbonyl (C=O) groups is 1. The minimum atomic E-state index is -3.62. The van der Waals surface area contributed by atoms with Gasteiger partial charge in [0.05, 0.1) is 16.8 Å². The highest BCUT2D eigenvalue weighted by Gasteiger charge is 2.31. The van der Waals surface area contributed by atoms with Crippen molar-refractivity contribution in [1.82, 2.24) is 19.5 Å². The average Bonchev–Trinajstić information content (AvgIpc) is 3.29. The first-order valence-electron chi connectivity index (χ1n) is 11.1. The smallest absolute Gasteiger partial charge is 0.243 e. The van der Waals surface area contributed by atoms with Crippen LogP contribution >= 0.6 is 0 Å². The molecule has 0 saturated carbocycles. The molecule has 2 aliphatic heterocycles. The molecular formula is C23H25N7O3S. The number of nitrogens with one attached hydrogen (secondary N) is 1. The van der Waals surface area contributed by atoms with Gasteiger partial charge in [-0.1, -0.05) is 0 Å². The highest BCUT2D eigenvalue weighted by atomic mass is 32.2. The third-order valence-corrected chi connectivity index (χ3v) is 8.01. The van der Waals surface area contributed by atoms with Gasteiger partial charge in [-0.25, -0.2) is 8.42 Å². The number of nitrogens with zero attached hydrogens (tertiary/aromatic N) is 6. The minimum Gasteiger partial charge on any atom is -0.352 e. The van der Waals surface area contributed by atoms with Crippen molar-refractivity contribution >= 4 is 38.9 Å². The SMILES string of the molecule is CC(=O)N1CCc2cc(S(=O)(=O)N3CCN(c4ccc(Nc5cccnc5)nn4)CC3)ccc21. The first-order valence-corrected chi connectivity index (χ1v) is 12.5. The molecule has 2 aliphatic rings. The lowest BCUT2D eigenvalue weighted by Crippen LogP contribution is -2.49. The fourth-order valence-electron chi connectivity index (χ4n) is 4.32. The molecular weight excluding hydrogens is 454 g/mol. The van der Waals surface area contributed by atoms with Gasteiger partial charge in [0.15, 0.2) is 11.6 Å². The van der Waals surface area contributed by atoms with Crippen LogP contribution in [-0.2, 0) is 21.2 Å². The summed E-state index contributed by atoms with van der Waals surface area (Å²) in [6.45, 7) is 3.87. The van der Waals surface area contributed by atoms with Crippen molar-refractivity contribution in [3.8, 4) is 0 Å². The molecule has 11 heteroatoms. The minimum absolute atomic E-state index is 0.0329. The molecule has 1 fully saturated rings. The van der Waals surface area contributed by atoms with Gasteiger partial charge in [0, 0.05) is 51.5 Å². The second-order valence-electron chi connectivity index (χ2n) is 8.25. The van der Waals surface area contributed by atoms with Gasteiger partial charge >= 0.3 is 0 Å². The molecule has 0 unspecified atom stereocenters. The third-order valence-electron chi connectivity index (χ3n) is 6.11. The van der Waals surface area contributed by atoms with Crippen molar-refractivity contribution in [3.63, 3.8) is 0 Å². The molecule has 1 aromatic carbocycles. The van der Waals surface area contributed by atoms with Crippen molar-refractivity contribution < 1.29 is 13.2 Å². The van der Waals surface area contributed by atoms with E-state index in [-0.39, 0.29) is 10.8 Å². The Morgan fingerprint density at radius 3 is 2.50 bits per heavy atom. The summed E-state index contributed by atoms with van der Waals surface area (Å²) in [5.41, 5.74) is 2.52. The highest BCUT2D eigenvalue weighted by Crippen LogP contribution is 2.31. The largest absolute Gasteiger partial charge is 0.352 e. The van der Waals surface area contributed by atoms with E-state index in [1.54, 1.807) is 35.5 Å². The second-order valence-corrected chi connectivity index (χ2v) is 10.2. The molecule has 0 atom stereocenters. The van der Waals surface area contributed by atoms with Gasteiger partial charge in [0.2, 0.25) is 15.9 Å². The maximum atomic E-state index is 13.2. The fraction of sp³-hybridized carbons (Fsp3) is 0.304. The van der Waals surface area contributed by atoms with E-state index in [1.807, 2.05) is 29.2 Å². The molecule has 176 valence electrons. The molecule has 1 N–H and O–H groups in total. The van der Waals surface area contributed by atoms with Crippen LogP contribution in [0.2, 0.25) is 0 Å². The quantitative estimate of drug-likeness (QED) is 0.592. The fourth-order valence-corrected chi connectivity index (χ4v) is 5.79. The van der Waals surface area contributed by atoms with Crippen molar-refractivity contribution in [2.75, 3.05) is 47.8 Å². The number of hydrogen-bond donors (Lipinski definition) is 1. The van der Waals surface area contributed by atoms with Gasteiger partial charge in [0.25, 0.3) is 0 Å².